The molecule has 5 nitrogen and oxygen atoms in total. The van der Waals surface area contributed by atoms with E-state index in [9.17, 15) is 21.6 Å². The Labute approximate surface area is 162 Å². The molecule has 0 spiro atoms. The quantitative estimate of drug-likeness (QED) is 0.757. The molecule has 2 heterocycles. The number of alkyl halides is 3. The molecule has 9 heteroatoms. The molecule has 1 saturated heterocycles. The van der Waals surface area contributed by atoms with Crippen molar-refractivity contribution in [2.45, 2.75) is 31.6 Å². The van der Waals surface area contributed by atoms with E-state index in [1.54, 1.807) is 31.3 Å². The van der Waals surface area contributed by atoms with Crippen molar-refractivity contribution in [3.8, 4) is 11.8 Å². The van der Waals surface area contributed by atoms with E-state index in [1.165, 1.54) is 4.57 Å². The van der Waals surface area contributed by atoms with Crippen LogP contribution in [0, 0.1) is 11.8 Å². The van der Waals surface area contributed by atoms with Crippen LogP contribution in [-0.2, 0) is 16.4 Å². The van der Waals surface area contributed by atoms with Crippen LogP contribution in [0.2, 0.25) is 0 Å². The largest absolute Gasteiger partial charge is 0.406 e. The van der Waals surface area contributed by atoms with Gasteiger partial charge in [-0.1, -0.05) is 12.0 Å². The fourth-order valence-corrected chi connectivity index (χ4v) is 4.83. The van der Waals surface area contributed by atoms with Gasteiger partial charge < -0.3 is 15.2 Å². The number of benzene rings is 1. The highest BCUT2D eigenvalue weighted by Gasteiger charge is 2.30. The maximum atomic E-state index is 13.1. The molecule has 0 amide bonds. The summed E-state index contributed by atoms with van der Waals surface area (Å²) in [6.45, 7) is -0.750. The molecule has 2 N–H and O–H groups in total. The van der Waals surface area contributed by atoms with Gasteiger partial charge in [-0.05, 0) is 44.0 Å². The molecule has 0 bridgehead atoms. The zero-order chi connectivity index (χ0) is 20.4. The van der Waals surface area contributed by atoms with E-state index in [0.717, 1.165) is 0 Å². The molecule has 1 aromatic carbocycles. The van der Waals surface area contributed by atoms with Crippen LogP contribution in [-0.4, -0.2) is 50.3 Å². The highest BCUT2D eigenvalue weighted by molar-refractivity contribution is 7.91. The van der Waals surface area contributed by atoms with Crippen LogP contribution in [0.4, 0.5) is 18.9 Å². The van der Waals surface area contributed by atoms with Crippen molar-refractivity contribution >= 4 is 26.4 Å². The second kappa shape index (κ2) is 8.05. The summed E-state index contributed by atoms with van der Waals surface area (Å²) in [7, 11) is -1.26. The summed E-state index contributed by atoms with van der Waals surface area (Å²) in [5, 5.41) is 6.80. The highest BCUT2D eigenvalue weighted by atomic mass is 32.2. The van der Waals surface area contributed by atoms with Crippen molar-refractivity contribution in [1.82, 2.24) is 9.88 Å². The van der Waals surface area contributed by atoms with Crippen molar-refractivity contribution in [3.05, 3.63) is 30.0 Å². The fraction of sp³-hybridized carbons (Fsp3) is 0.474. The van der Waals surface area contributed by atoms with E-state index in [2.05, 4.69) is 22.5 Å². The van der Waals surface area contributed by atoms with Crippen LogP contribution in [0.1, 0.15) is 18.5 Å². The Morgan fingerprint density at radius 3 is 2.61 bits per heavy atom. The van der Waals surface area contributed by atoms with E-state index in [-0.39, 0.29) is 17.5 Å². The predicted octanol–water partition coefficient (Wildman–Crippen LogP) is 2.76. The van der Waals surface area contributed by atoms with Gasteiger partial charge in [0.25, 0.3) is 0 Å². The summed E-state index contributed by atoms with van der Waals surface area (Å²) in [5.41, 5.74) is 1.43. The number of hydrogen-bond acceptors (Lipinski definition) is 4. The topological polar surface area (TPSA) is 63.1 Å². The summed E-state index contributed by atoms with van der Waals surface area (Å²) in [4.78, 5) is 0. The Kier molecular flexibility index (Phi) is 5.91. The average molecular weight is 413 g/mol. The number of nitrogens with one attached hydrogen (secondary N) is 2. The van der Waals surface area contributed by atoms with Crippen LogP contribution in [0.3, 0.4) is 0 Å². The molecule has 0 radical (unpaired) electrons. The SMILES string of the molecule is CNCC#Cc1cc2c(NC3CCS(=O)(=O)CC3)cccc2n1CC(F)(F)F. The standard InChI is InChI=1S/C19H22F3N3O2S/c1-23-9-3-4-15-12-16-17(24-14-7-10-28(26,27)11-8-14)5-2-6-18(16)25(15)13-19(20,21)22/h2,5-6,12,14,23-24H,7-11,13H2,1H3. The van der Waals surface area contributed by atoms with Crippen LogP contribution in [0.5, 0.6) is 0 Å². The summed E-state index contributed by atoms with van der Waals surface area (Å²) in [6.07, 6.45) is -3.40. The first-order chi connectivity index (χ1) is 13.2. The van der Waals surface area contributed by atoms with Gasteiger partial charge in [0, 0.05) is 17.1 Å². The molecule has 1 aromatic heterocycles. The predicted molar refractivity (Wildman–Crippen MR) is 104 cm³/mol. The molecular weight excluding hydrogens is 391 g/mol. The van der Waals surface area contributed by atoms with Crippen molar-refractivity contribution in [1.29, 1.82) is 0 Å². The Hall–Kier alpha value is -2.18. The third kappa shape index (κ3) is 5.00. The lowest BCUT2D eigenvalue weighted by Crippen LogP contribution is -2.32. The van der Waals surface area contributed by atoms with Crippen molar-refractivity contribution in [2.24, 2.45) is 0 Å². The molecule has 28 heavy (non-hydrogen) atoms. The highest BCUT2D eigenvalue weighted by Crippen LogP contribution is 2.31. The molecule has 0 unspecified atom stereocenters. The molecule has 1 aliphatic heterocycles. The maximum absolute atomic E-state index is 13.1. The Bertz CT molecular complexity index is 1000. The minimum Gasteiger partial charge on any atom is -0.382 e. The maximum Gasteiger partial charge on any atom is 0.406 e. The van der Waals surface area contributed by atoms with Crippen LogP contribution in [0.15, 0.2) is 24.3 Å². The van der Waals surface area contributed by atoms with Crippen molar-refractivity contribution in [2.75, 3.05) is 30.4 Å². The lowest BCUT2D eigenvalue weighted by atomic mass is 10.1. The average Bonchev–Trinajstić information content (AvgIpc) is 2.94. The minimum atomic E-state index is -4.37. The third-order valence-electron chi connectivity index (χ3n) is 4.68. The molecule has 1 aliphatic rings. The van der Waals surface area contributed by atoms with Gasteiger partial charge >= 0.3 is 6.18 Å². The lowest BCUT2D eigenvalue weighted by Gasteiger charge is -2.24. The molecular formula is C19H22F3N3O2S. The normalized spacial score (nSPS) is 17.3. The van der Waals surface area contributed by atoms with Gasteiger partial charge in [0.05, 0.1) is 29.3 Å². The third-order valence-corrected chi connectivity index (χ3v) is 6.39. The number of nitrogens with zero attached hydrogens (tertiary/aromatic N) is 1. The number of fused-ring (bicyclic) bond motifs is 1. The zero-order valence-electron chi connectivity index (χ0n) is 15.4. The smallest absolute Gasteiger partial charge is 0.382 e. The Morgan fingerprint density at radius 2 is 1.96 bits per heavy atom. The van der Waals surface area contributed by atoms with E-state index in [4.69, 9.17) is 0 Å². The van der Waals surface area contributed by atoms with Crippen LogP contribution < -0.4 is 10.6 Å². The Morgan fingerprint density at radius 1 is 1.25 bits per heavy atom. The van der Waals surface area contributed by atoms with Gasteiger partial charge in [0.2, 0.25) is 0 Å². The second-order valence-corrected chi connectivity index (χ2v) is 9.18. The van der Waals surface area contributed by atoms with Gasteiger partial charge in [0.1, 0.15) is 16.4 Å². The van der Waals surface area contributed by atoms with E-state index in [0.29, 0.717) is 41.7 Å². The number of aromatic nitrogens is 1. The van der Waals surface area contributed by atoms with Gasteiger partial charge in [-0.25, -0.2) is 8.42 Å². The molecule has 0 saturated carbocycles. The van der Waals surface area contributed by atoms with Gasteiger partial charge in [-0.3, -0.25) is 0 Å². The molecule has 2 aromatic rings. The zero-order valence-corrected chi connectivity index (χ0v) is 16.3. The number of anilines is 1. The first kappa shape index (κ1) is 20.6. The molecule has 152 valence electrons. The van der Waals surface area contributed by atoms with E-state index >= 15 is 0 Å². The first-order valence-electron chi connectivity index (χ1n) is 8.98. The van der Waals surface area contributed by atoms with Gasteiger partial charge in [-0.2, -0.15) is 13.2 Å². The Balaban J connectivity index is 1.97. The summed E-state index contributed by atoms with van der Waals surface area (Å²) >= 11 is 0. The number of sulfone groups is 1. The number of halogens is 3. The molecule has 0 aliphatic carbocycles. The first-order valence-corrected chi connectivity index (χ1v) is 10.8. The lowest BCUT2D eigenvalue weighted by molar-refractivity contribution is -0.140. The number of rotatable bonds is 4. The monoisotopic (exact) mass is 413 g/mol. The molecule has 0 atom stereocenters. The minimum absolute atomic E-state index is 0.0288. The van der Waals surface area contributed by atoms with Gasteiger partial charge in [0.15, 0.2) is 0 Å². The van der Waals surface area contributed by atoms with Crippen LogP contribution >= 0.6 is 0 Å². The summed E-state index contributed by atoms with van der Waals surface area (Å²) in [5.74, 6) is 5.87. The second-order valence-electron chi connectivity index (χ2n) is 6.87. The van der Waals surface area contributed by atoms with Gasteiger partial charge in [-0.15, -0.1) is 0 Å². The summed E-state index contributed by atoms with van der Waals surface area (Å²) < 4.78 is 63.7. The number of hydrogen-bond donors (Lipinski definition) is 2. The summed E-state index contributed by atoms with van der Waals surface area (Å²) in [6, 6.07) is 6.77. The van der Waals surface area contributed by atoms with Crippen LogP contribution in [0.25, 0.3) is 10.9 Å². The molecule has 1 fully saturated rings. The van der Waals surface area contributed by atoms with E-state index < -0.39 is 22.6 Å². The molecule has 3 rings (SSSR count). The van der Waals surface area contributed by atoms with E-state index in [1.807, 2.05) is 0 Å². The van der Waals surface area contributed by atoms with Crippen molar-refractivity contribution in [3.63, 3.8) is 0 Å². The fourth-order valence-electron chi connectivity index (χ4n) is 3.34. The van der Waals surface area contributed by atoms with Crippen molar-refractivity contribution < 1.29 is 21.6 Å².